The first kappa shape index (κ1) is 11.8. The lowest BCUT2D eigenvalue weighted by Gasteiger charge is -2.31. The zero-order valence-electron chi connectivity index (χ0n) is 8.80. The standard InChI is InChI=1S/C11H13BrF2N2/c12-9-5-10(14)11(15-7-9)16-3-1-8(6-13)2-4-16/h5,7-8H,1-4,6H2. The molecule has 5 heteroatoms. The molecule has 0 aromatic carbocycles. The summed E-state index contributed by atoms with van der Waals surface area (Å²) in [6, 6.07) is 1.41. The van der Waals surface area contributed by atoms with E-state index in [1.165, 1.54) is 6.07 Å². The van der Waals surface area contributed by atoms with Gasteiger partial charge in [-0.15, -0.1) is 0 Å². The molecule has 1 aliphatic rings. The second-order valence-electron chi connectivity index (χ2n) is 4.04. The van der Waals surface area contributed by atoms with Gasteiger partial charge in [-0.25, -0.2) is 9.37 Å². The van der Waals surface area contributed by atoms with E-state index in [1.807, 2.05) is 4.90 Å². The Balaban J connectivity index is 2.08. The van der Waals surface area contributed by atoms with Gasteiger partial charge in [-0.2, -0.15) is 0 Å². The maximum absolute atomic E-state index is 13.6. The lowest BCUT2D eigenvalue weighted by atomic mass is 9.98. The smallest absolute Gasteiger partial charge is 0.166 e. The normalized spacial score (nSPS) is 17.8. The topological polar surface area (TPSA) is 16.1 Å². The number of rotatable bonds is 2. The molecule has 0 bridgehead atoms. The predicted molar refractivity (Wildman–Crippen MR) is 62.8 cm³/mol. The van der Waals surface area contributed by atoms with Gasteiger partial charge in [0.05, 0.1) is 6.67 Å². The van der Waals surface area contributed by atoms with Gasteiger partial charge in [0.15, 0.2) is 11.6 Å². The van der Waals surface area contributed by atoms with Crippen molar-refractivity contribution in [3.8, 4) is 0 Å². The average Bonchev–Trinajstić information content (AvgIpc) is 2.29. The van der Waals surface area contributed by atoms with Crippen molar-refractivity contribution in [1.82, 2.24) is 4.98 Å². The molecule has 2 nitrogen and oxygen atoms in total. The Bertz CT molecular complexity index is 365. The minimum atomic E-state index is -0.326. The SMILES string of the molecule is FCC1CCN(c2ncc(Br)cc2F)CC1. The van der Waals surface area contributed by atoms with Gasteiger partial charge in [0.1, 0.15) is 0 Å². The zero-order chi connectivity index (χ0) is 11.5. The first-order valence-electron chi connectivity index (χ1n) is 5.32. The van der Waals surface area contributed by atoms with Crippen molar-refractivity contribution in [3.05, 3.63) is 22.6 Å². The highest BCUT2D eigenvalue weighted by Gasteiger charge is 2.21. The fourth-order valence-corrected chi connectivity index (χ4v) is 2.24. The van der Waals surface area contributed by atoms with E-state index in [0.717, 1.165) is 12.8 Å². The molecular formula is C11H13BrF2N2. The summed E-state index contributed by atoms with van der Waals surface area (Å²) in [4.78, 5) is 5.95. The molecule has 1 fully saturated rings. The minimum absolute atomic E-state index is 0.134. The lowest BCUT2D eigenvalue weighted by molar-refractivity contribution is 0.306. The third-order valence-corrected chi connectivity index (χ3v) is 3.35. The van der Waals surface area contributed by atoms with Crippen molar-refractivity contribution in [1.29, 1.82) is 0 Å². The van der Waals surface area contributed by atoms with Crippen molar-refractivity contribution >= 4 is 21.7 Å². The molecule has 1 aliphatic heterocycles. The molecule has 0 spiro atoms. The van der Waals surface area contributed by atoms with E-state index < -0.39 is 0 Å². The molecule has 0 aliphatic carbocycles. The second-order valence-corrected chi connectivity index (χ2v) is 4.96. The van der Waals surface area contributed by atoms with E-state index in [1.54, 1.807) is 6.20 Å². The van der Waals surface area contributed by atoms with Crippen LogP contribution in [-0.4, -0.2) is 24.7 Å². The molecular weight excluding hydrogens is 278 g/mol. The number of halogens is 3. The van der Waals surface area contributed by atoms with E-state index in [0.29, 0.717) is 23.4 Å². The van der Waals surface area contributed by atoms with Crippen molar-refractivity contribution in [3.63, 3.8) is 0 Å². The molecule has 0 saturated carbocycles. The summed E-state index contributed by atoms with van der Waals surface area (Å²) in [6.45, 7) is 1.09. The van der Waals surface area contributed by atoms with Crippen LogP contribution in [-0.2, 0) is 0 Å². The first-order valence-corrected chi connectivity index (χ1v) is 6.12. The Morgan fingerprint density at radius 1 is 1.44 bits per heavy atom. The maximum atomic E-state index is 13.6. The summed E-state index contributed by atoms with van der Waals surface area (Å²) in [5.74, 6) is 0.184. The first-order chi connectivity index (χ1) is 7.70. The Morgan fingerprint density at radius 3 is 2.69 bits per heavy atom. The number of piperidine rings is 1. The van der Waals surface area contributed by atoms with Gasteiger partial charge in [-0.05, 0) is 40.8 Å². The molecule has 0 amide bonds. The average molecular weight is 291 g/mol. The summed E-state index contributed by atoms with van der Waals surface area (Å²) in [5, 5.41) is 0. The van der Waals surface area contributed by atoms with E-state index in [9.17, 15) is 8.78 Å². The van der Waals surface area contributed by atoms with Gasteiger partial charge in [0.25, 0.3) is 0 Å². The number of aromatic nitrogens is 1. The molecule has 0 atom stereocenters. The van der Waals surface area contributed by atoms with Crippen LogP contribution in [0.1, 0.15) is 12.8 Å². The minimum Gasteiger partial charge on any atom is -0.354 e. The Hall–Kier alpha value is -0.710. The van der Waals surface area contributed by atoms with Gasteiger partial charge >= 0.3 is 0 Å². The Kier molecular flexibility index (Phi) is 3.74. The van der Waals surface area contributed by atoms with E-state index in [2.05, 4.69) is 20.9 Å². The van der Waals surface area contributed by atoms with Crippen LogP contribution in [0.3, 0.4) is 0 Å². The summed E-state index contributed by atoms with van der Waals surface area (Å²) in [7, 11) is 0. The van der Waals surface area contributed by atoms with Crippen molar-refractivity contribution in [2.75, 3.05) is 24.7 Å². The van der Waals surface area contributed by atoms with Crippen LogP contribution in [0.15, 0.2) is 16.7 Å². The molecule has 0 radical (unpaired) electrons. The quantitative estimate of drug-likeness (QED) is 0.832. The molecule has 1 aromatic heterocycles. The number of nitrogens with zero attached hydrogens (tertiary/aromatic N) is 2. The van der Waals surface area contributed by atoms with Crippen LogP contribution >= 0.6 is 15.9 Å². The Labute approximate surface area is 102 Å². The largest absolute Gasteiger partial charge is 0.354 e. The van der Waals surface area contributed by atoms with Crippen molar-refractivity contribution < 1.29 is 8.78 Å². The molecule has 1 aromatic rings. The lowest BCUT2D eigenvalue weighted by Crippen LogP contribution is -2.35. The molecule has 0 N–H and O–H groups in total. The summed E-state index contributed by atoms with van der Waals surface area (Å²) >= 11 is 3.17. The predicted octanol–water partition coefficient (Wildman–Crippen LogP) is 3.17. The van der Waals surface area contributed by atoms with Gasteiger partial charge in [0.2, 0.25) is 0 Å². The van der Waals surface area contributed by atoms with Crippen LogP contribution in [0.25, 0.3) is 0 Å². The van der Waals surface area contributed by atoms with Crippen LogP contribution in [0, 0.1) is 11.7 Å². The van der Waals surface area contributed by atoms with E-state index >= 15 is 0 Å². The van der Waals surface area contributed by atoms with Crippen LogP contribution in [0.2, 0.25) is 0 Å². The van der Waals surface area contributed by atoms with Crippen LogP contribution in [0.4, 0.5) is 14.6 Å². The fourth-order valence-electron chi connectivity index (χ4n) is 1.94. The number of anilines is 1. The van der Waals surface area contributed by atoms with E-state index in [-0.39, 0.29) is 18.4 Å². The number of hydrogen-bond donors (Lipinski definition) is 0. The van der Waals surface area contributed by atoms with Crippen molar-refractivity contribution in [2.24, 2.45) is 5.92 Å². The van der Waals surface area contributed by atoms with Crippen LogP contribution in [0.5, 0.6) is 0 Å². The number of hydrogen-bond acceptors (Lipinski definition) is 2. The van der Waals surface area contributed by atoms with E-state index in [4.69, 9.17) is 0 Å². The summed E-state index contributed by atoms with van der Waals surface area (Å²) < 4.78 is 26.7. The third-order valence-electron chi connectivity index (χ3n) is 2.92. The van der Waals surface area contributed by atoms with Gasteiger partial charge in [0, 0.05) is 23.8 Å². The van der Waals surface area contributed by atoms with Gasteiger partial charge < -0.3 is 4.90 Å². The molecule has 0 unspecified atom stereocenters. The Morgan fingerprint density at radius 2 is 2.12 bits per heavy atom. The highest BCUT2D eigenvalue weighted by atomic mass is 79.9. The molecule has 16 heavy (non-hydrogen) atoms. The second kappa shape index (κ2) is 5.08. The summed E-state index contributed by atoms with van der Waals surface area (Å²) in [5.41, 5.74) is 0. The van der Waals surface area contributed by atoms with Gasteiger partial charge in [-0.1, -0.05) is 0 Å². The molecule has 2 heterocycles. The zero-order valence-corrected chi connectivity index (χ0v) is 10.4. The molecule has 2 rings (SSSR count). The molecule has 88 valence electrons. The maximum Gasteiger partial charge on any atom is 0.166 e. The fraction of sp³-hybridized carbons (Fsp3) is 0.545. The highest BCUT2D eigenvalue weighted by molar-refractivity contribution is 9.10. The van der Waals surface area contributed by atoms with Crippen LogP contribution < -0.4 is 4.90 Å². The summed E-state index contributed by atoms with van der Waals surface area (Å²) in [6.07, 6.45) is 3.13. The highest BCUT2D eigenvalue weighted by Crippen LogP contribution is 2.25. The third kappa shape index (κ3) is 2.51. The number of pyridine rings is 1. The number of alkyl halides is 1. The molecule has 1 saturated heterocycles. The van der Waals surface area contributed by atoms with Crippen molar-refractivity contribution in [2.45, 2.75) is 12.8 Å². The van der Waals surface area contributed by atoms with Gasteiger partial charge in [-0.3, -0.25) is 4.39 Å². The monoisotopic (exact) mass is 290 g/mol.